The summed E-state index contributed by atoms with van der Waals surface area (Å²) in [7, 11) is 3.15. The lowest BCUT2D eigenvalue weighted by Crippen LogP contribution is -2.24. The van der Waals surface area contributed by atoms with Crippen LogP contribution in [-0.4, -0.2) is 28.6 Å². The molecule has 0 bridgehead atoms. The van der Waals surface area contributed by atoms with Gasteiger partial charge >= 0.3 is 12.3 Å². The molecule has 0 aliphatic rings. The third-order valence-corrected chi connectivity index (χ3v) is 5.38. The van der Waals surface area contributed by atoms with E-state index in [9.17, 15) is 18.0 Å². The number of nitrogens with zero attached hydrogens (tertiary/aromatic N) is 3. The van der Waals surface area contributed by atoms with Crippen molar-refractivity contribution >= 4 is 34.3 Å². The van der Waals surface area contributed by atoms with Gasteiger partial charge < -0.3 is 18.6 Å². The highest BCUT2D eigenvalue weighted by atomic mass is 35.5. The summed E-state index contributed by atoms with van der Waals surface area (Å²) in [4.78, 5) is 16.4. The Morgan fingerprint density at radius 2 is 1.68 bits per heavy atom. The SMILES string of the molecule is COC(=O)c1ccc(Cn2c(=Nc3ccc(OC(F)(F)F)cc3)n(C)c3cc(Cl)ccc32)cc1. The van der Waals surface area contributed by atoms with Gasteiger partial charge in [0, 0.05) is 12.1 Å². The molecule has 6 nitrogen and oxygen atoms in total. The zero-order chi connectivity index (χ0) is 24.5. The zero-order valence-electron chi connectivity index (χ0n) is 18.1. The van der Waals surface area contributed by atoms with Gasteiger partial charge in [-0.3, -0.25) is 0 Å². The number of carbonyl (C=O) groups is 1. The molecule has 0 fully saturated rings. The highest BCUT2D eigenvalue weighted by Crippen LogP contribution is 2.25. The lowest BCUT2D eigenvalue weighted by atomic mass is 10.1. The first kappa shape index (κ1) is 23.4. The van der Waals surface area contributed by atoms with Gasteiger partial charge in [-0.05, 0) is 60.2 Å². The van der Waals surface area contributed by atoms with Crippen LogP contribution in [0.1, 0.15) is 15.9 Å². The molecule has 0 saturated heterocycles. The number of ether oxygens (including phenoxy) is 2. The number of fused-ring (bicyclic) bond motifs is 1. The Hall–Kier alpha value is -3.72. The molecule has 34 heavy (non-hydrogen) atoms. The molecule has 0 saturated carbocycles. The maximum atomic E-state index is 12.5. The standard InChI is InChI=1S/C24H19ClF3N3O3/c1-30-21-13-17(25)7-12-20(21)31(14-15-3-5-16(6-4-15)22(32)33-2)23(30)29-18-8-10-19(11-9-18)34-24(26,27)28/h3-13H,14H2,1-2H3. The molecular formula is C24H19ClF3N3O3. The van der Waals surface area contributed by atoms with Crippen molar-refractivity contribution in [3.63, 3.8) is 0 Å². The Morgan fingerprint density at radius 3 is 2.29 bits per heavy atom. The van der Waals surface area contributed by atoms with Crippen LogP contribution in [0.25, 0.3) is 11.0 Å². The molecule has 4 rings (SSSR count). The van der Waals surface area contributed by atoms with Gasteiger partial charge in [0.25, 0.3) is 0 Å². The minimum atomic E-state index is -4.76. The summed E-state index contributed by atoms with van der Waals surface area (Å²) in [6.45, 7) is 0.425. The highest BCUT2D eigenvalue weighted by Gasteiger charge is 2.30. The van der Waals surface area contributed by atoms with Crippen molar-refractivity contribution in [1.82, 2.24) is 9.13 Å². The van der Waals surface area contributed by atoms with Crippen LogP contribution < -0.4 is 10.4 Å². The van der Waals surface area contributed by atoms with Crippen molar-refractivity contribution < 1.29 is 27.4 Å². The van der Waals surface area contributed by atoms with Crippen molar-refractivity contribution in [2.45, 2.75) is 12.9 Å². The molecule has 176 valence electrons. The predicted octanol–water partition coefficient (Wildman–Crippen LogP) is 5.60. The Bertz CT molecular complexity index is 1410. The molecule has 1 heterocycles. The van der Waals surface area contributed by atoms with E-state index >= 15 is 0 Å². The molecule has 4 aromatic rings. The van der Waals surface area contributed by atoms with Crippen LogP contribution in [0, 0.1) is 0 Å². The summed E-state index contributed by atoms with van der Waals surface area (Å²) >= 11 is 6.20. The number of aryl methyl sites for hydroxylation is 1. The molecular weight excluding hydrogens is 471 g/mol. The van der Waals surface area contributed by atoms with Gasteiger partial charge in [-0.25, -0.2) is 9.79 Å². The van der Waals surface area contributed by atoms with Crippen LogP contribution in [0.3, 0.4) is 0 Å². The number of rotatable bonds is 5. The number of halogens is 4. The van der Waals surface area contributed by atoms with Gasteiger partial charge in [0.2, 0.25) is 5.62 Å². The fraction of sp³-hybridized carbons (Fsp3) is 0.167. The first-order chi connectivity index (χ1) is 16.1. The van der Waals surface area contributed by atoms with Crippen molar-refractivity contribution in [1.29, 1.82) is 0 Å². The molecule has 0 amide bonds. The van der Waals surface area contributed by atoms with Gasteiger partial charge in [0.15, 0.2) is 0 Å². The fourth-order valence-corrected chi connectivity index (χ4v) is 3.73. The first-order valence-electron chi connectivity index (χ1n) is 10.1. The van der Waals surface area contributed by atoms with Gasteiger partial charge in [-0.15, -0.1) is 13.2 Å². The third-order valence-electron chi connectivity index (χ3n) is 5.15. The van der Waals surface area contributed by atoms with E-state index in [1.165, 1.54) is 31.4 Å². The van der Waals surface area contributed by atoms with E-state index in [-0.39, 0.29) is 5.75 Å². The predicted molar refractivity (Wildman–Crippen MR) is 121 cm³/mol. The minimum absolute atomic E-state index is 0.325. The number of imidazole rings is 1. The van der Waals surface area contributed by atoms with Crippen molar-refractivity contribution in [2.24, 2.45) is 12.0 Å². The number of aromatic nitrogens is 2. The van der Waals surface area contributed by atoms with Crippen molar-refractivity contribution in [2.75, 3.05) is 7.11 Å². The van der Waals surface area contributed by atoms with Crippen LogP contribution in [0.2, 0.25) is 5.02 Å². The van der Waals surface area contributed by atoms with Gasteiger partial charge in [-0.2, -0.15) is 0 Å². The number of benzene rings is 3. The molecule has 0 radical (unpaired) electrons. The second-order valence-electron chi connectivity index (χ2n) is 7.42. The first-order valence-corrected chi connectivity index (χ1v) is 10.4. The molecule has 10 heteroatoms. The Labute approximate surface area is 197 Å². The van der Waals surface area contributed by atoms with Crippen LogP contribution in [0.4, 0.5) is 18.9 Å². The second-order valence-corrected chi connectivity index (χ2v) is 7.86. The second kappa shape index (κ2) is 9.26. The quantitative estimate of drug-likeness (QED) is 0.343. The summed E-state index contributed by atoms with van der Waals surface area (Å²) in [5.74, 6) is -0.749. The van der Waals surface area contributed by atoms with Crippen molar-refractivity contribution in [3.05, 3.63) is 88.5 Å². The molecule has 0 N–H and O–H groups in total. The smallest absolute Gasteiger partial charge is 0.465 e. The van der Waals surface area contributed by atoms with Gasteiger partial charge in [-0.1, -0.05) is 23.7 Å². The van der Waals surface area contributed by atoms with Crippen LogP contribution in [0.15, 0.2) is 71.7 Å². The maximum Gasteiger partial charge on any atom is 0.573 e. The lowest BCUT2D eigenvalue weighted by Gasteiger charge is -2.09. The summed E-state index contributed by atoms with van der Waals surface area (Å²) in [5.41, 5.74) is 4.03. The Kier molecular flexibility index (Phi) is 6.39. The van der Waals surface area contributed by atoms with Crippen molar-refractivity contribution in [3.8, 4) is 5.75 Å². The molecule has 0 aliphatic carbocycles. The van der Waals surface area contributed by atoms with E-state index in [0.717, 1.165) is 16.6 Å². The van der Waals surface area contributed by atoms with Crippen LogP contribution in [-0.2, 0) is 18.3 Å². The van der Waals surface area contributed by atoms with Crippen LogP contribution in [0.5, 0.6) is 5.75 Å². The summed E-state index contributed by atoms with van der Waals surface area (Å²) in [6.07, 6.45) is -4.76. The molecule has 1 aromatic heterocycles. The van der Waals surface area contributed by atoms with Gasteiger partial charge in [0.05, 0.1) is 35.9 Å². The largest absolute Gasteiger partial charge is 0.573 e. The average molecular weight is 490 g/mol. The fourth-order valence-electron chi connectivity index (χ4n) is 3.57. The summed E-state index contributed by atoms with van der Waals surface area (Å²) in [6, 6.07) is 17.8. The number of alkyl halides is 3. The Balaban J connectivity index is 1.78. The van der Waals surface area contributed by atoms with Crippen LogP contribution >= 0.6 is 11.6 Å². The lowest BCUT2D eigenvalue weighted by molar-refractivity contribution is -0.274. The Morgan fingerprint density at radius 1 is 1.00 bits per heavy atom. The van der Waals surface area contributed by atoms with E-state index < -0.39 is 12.3 Å². The van der Waals surface area contributed by atoms with E-state index in [0.29, 0.717) is 28.4 Å². The number of hydrogen-bond acceptors (Lipinski definition) is 4. The number of esters is 1. The summed E-state index contributed by atoms with van der Waals surface area (Å²) in [5, 5.41) is 0.558. The topological polar surface area (TPSA) is 57.8 Å². The summed E-state index contributed by atoms with van der Waals surface area (Å²) < 4.78 is 49.8. The third kappa shape index (κ3) is 5.09. The zero-order valence-corrected chi connectivity index (χ0v) is 18.9. The van der Waals surface area contributed by atoms with Gasteiger partial charge in [0.1, 0.15) is 5.75 Å². The van der Waals surface area contributed by atoms with E-state index in [1.54, 1.807) is 18.2 Å². The highest BCUT2D eigenvalue weighted by molar-refractivity contribution is 6.31. The number of methoxy groups -OCH3 is 1. The number of hydrogen-bond donors (Lipinski definition) is 0. The molecule has 3 aromatic carbocycles. The van der Waals surface area contributed by atoms with E-state index in [4.69, 9.17) is 16.3 Å². The molecule has 0 unspecified atom stereocenters. The molecule has 0 spiro atoms. The monoisotopic (exact) mass is 489 g/mol. The molecule has 0 aliphatic heterocycles. The molecule has 0 atom stereocenters. The average Bonchev–Trinajstić information content (AvgIpc) is 3.04. The normalized spacial score (nSPS) is 12.2. The van der Waals surface area contributed by atoms with E-state index in [2.05, 4.69) is 9.73 Å². The van der Waals surface area contributed by atoms with E-state index in [1.807, 2.05) is 40.4 Å². The minimum Gasteiger partial charge on any atom is -0.465 e. The number of carbonyl (C=O) groups excluding carboxylic acids is 1. The maximum absolute atomic E-state index is 12.5.